The lowest BCUT2D eigenvalue weighted by molar-refractivity contribution is 0.252. The number of benzene rings is 2. The lowest BCUT2D eigenvalue weighted by Gasteiger charge is -2.13. The summed E-state index contributed by atoms with van der Waals surface area (Å²) in [6.07, 6.45) is 1.57. The third kappa shape index (κ3) is 9.29. The van der Waals surface area contributed by atoms with Crippen LogP contribution in [0.4, 0.5) is 21.0 Å². The van der Waals surface area contributed by atoms with Crippen molar-refractivity contribution in [3.8, 4) is 0 Å². The molecule has 0 spiro atoms. The van der Waals surface area contributed by atoms with Gasteiger partial charge in [0.15, 0.2) is 0 Å². The monoisotopic (exact) mass is 480 g/mol. The number of rotatable bonds is 10. The predicted octanol–water partition coefficient (Wildman–Crippen LogP) is 3.76. The van der Waals surface area contributed by atoms with E-state index in [1.54, 1.807) is 23.5 Å². The van der Waals surface area contributed by atoms with Crippen molar-refractivity contribution in [3.05, 3.63) is 48.5 Å². The second kappa shape index (κ2) is 15.0. The summed E-state index contributed by atoms with van der Waals surface area (Å²) < 4.78 is 0. The van der Waals surface area contributed by atoms with Gasteiger partial charge >= 0.3 is 12.1 Å². The average Bonchev–Trinajstić information content (AvgIpc) is 2.73. The maximum absolute atomic E-state index is 12.0. The van der Waals surface area contributed by atoms with Crippen molar-refractivity contribution in [1.29, 1.82) is 0 Å². The van der Waals surface area contributed by atoms with Crippen molar-refractivity contribution in [3.63, 3.8) is 0 Å². The molecule has 2 aromatic rings. The van der Waals surface area contributed by atoms with E-state index in [2.05, 4.69) is 34.4 Å². The number of nitrogens with one attached hydrogen (secondary N) is 4. The van der Waals surface area contributed by atoms with Gasteiger partial charge in [-0.05, 0) is 24.3 Å². The van der Waals surface area contributed by atoms with Gasteiger partial charge < -0.3 is 21.3 Å². The van der Waals surface area contributed by atoms with Crippen molar-refractivity contribution in [1.82, 2.24) is 10.6 Å². The molecule has 0 fully saturated rings. The predicted molar refractivity (Wildman–Crippen MR) is 139 cm³/mol. The number of carbonyl (C=O) groups is 2. The highest BCUT2D eigenvalue weighted by molar-refractivity contribution is 8.16. The molecule has 0 radical (unpaired) electrons. The molecule has 4 N–H and O–H groups in total. The lowest BCUT2D eigenvalue weighted by Crippen LogP contribution is -2.31. The first-order valence-corrected chi connectivity index (χ1v) is 16.5. The summed E-state index contributed by atoms with van der Waals surface area (Å²) in [6.45, 7) is 4.31. The molecule has 30 heavy (non-hydrogen) atoms. The third-order valence-electron chi connectivity index (χ3n) is 3.77. The van der Waals surface area contributed by atoms with E-state index in [-0.39, 0.29) is 38.5 Å². The minimum absolute atomic E-state index is 0. The zero-order valence-electron chi connectivity index (χ0n) is 16.8. The van der Waals surface area contributed by atoms with Crippen LogP contribution in [0, 0.1) is 0 Å². The van der Waals surface area contributed by atoms with E-state index in [0.717, 1.165) is 38.6 Å². The largest absolute Gasteiger partial charge is 0.341 e. The second-order valence-corrected chi connectivity index (χ2v) is 11.6. The minimum atomic E-state index is -0.201. The number of hydrogen-bond acceptors (Lipinski definition) is 4. The van der Waals surface area contributed by atoms with Crippen molar-refractivity contribution in [2.75, 3.05) is 28.1 Å². The van der Waals surface area contributed by atoms with Gasteiger partial charge in [0.2, 0.25) is 0 Å². The summed E-state index contributed by atoms with van der Waals surface area (Å²) in [6, 6.07) is 15.3. The molecule has 4 amide bonds. The quantitative estimate of drug-likeness (QED) is 0.237. The molecule has 0 aromatic heterocycles. The maximum atomic E-state index is 12.0. The van der Waals surface area contributed by atoms with Crippen LogP contribution in [0.1, 0.15) is 7.43 Å². The molecule has 0 atom stereocenters. The van der Waals surface area contributed by atoms with Gasteiger partial charge in [0.25, 0.3) is 0 Å². The van der Waals surface area contributed by atoms with Crippen molar-refractivity contribution >= 4 is 66.0 Å². The molecule has 0 unspecified atom stereocenters. The van der Waals surface area contributed by atoms with Gasteiger partial charge in [0, 0.05) is 46.3 Å². The average molecular weight is 481 g/mol. The Morgan fingerprint density at radius 1 is 0.767 bits per heavy atom. The Bertz CT molecular complexity index is 746. The highest BCUT2D eigenvalue weighted by atomic mass is 32.2. The Kier molecular flexibility index (Phi) is 13.1. The first-order chi connectivity index (χ1) is 14.1. The van der Waals surface area contributed by atoms with E-state index < -0.39 is 0 Å². The van der Waals surface area contributed by atoms with E-state index in [1.807, 2.05) is 48.5 Å². The number of hydrogen-bond donors (Lipinski definition) is 4. The van der Waals surface area contributed by atoms with Crippen LogP contribution in [-0.2, 0) is 0 Å². The molecule has 0 heterocycles. The van der Waals surface area contributed by atoms with E-state index in [0.29, 0.717) is 0 Å². The molecule has 0 aliphatic carbocycles. The third-order valence-corrected chi connectivity index (χ3v) is 7.55. The first kappa shape index (κ1) is 26.1. The van der Waals surface area contributed by atoms with E-state index in [4.69, 9.17) is 0 Å². The zero-order valence-corrected chi connectivity index (χ0v) is 21.2. The summed E-state index contributed by atoms with van der Waals surface area (Å²) in [7, 11) is -0.402. The Morgan fingerprint density at radius 3 is 1.57 bits per heavy atom. The summed E-state index contributed by atoms with van der Waals surface area (Å²) in [5.74, 6) is 0. The Morgan fingerprint density at radius 2 is 1.17 bits per heavy atom. The summed E-state index contributed by atoms with van der Waals surface area (Å²) in [4.78, 5) is 26.0. The van der Waals surface area contributed by atoms with Crippen LogP contribution >= 0.6 is 23.5 Å². The highest BCUT2D eigenvalue weighted by Gasteiger charge is 2.09. The van der Waals surface area contributed by atoms with Gasteiger partial charge in [0.05, 0.1) is 11.4 Å². The molecule has 6 nitrogen and oxygen atoms in total. The number of amides is 4. The number of para-hydroxylation sites is 2. The molecule has 0 saturated carbocycles. The molecule has 0 aliphatic heterocycles. The summed E-state index contributed by atoms with van der Waals surface area (Å²) in [5.41, 5.74) is 1.62. The number of urea groups is 2. The van der Waals surface area contributed by atoms with Gasteiger partial charge in [-0.25, -0.2) is 9.59 Å². The van der Waals surface area contributed by atoms with Gasteiger partial charge in [-0.15, -0.1) is 23.5 Å². The van der Waals surface area contributed by atoms with Crippen LogP contribution < -0.4 is 21.3 Å². The molecule has 2 aromatic carbocycles. The Labute approximate surface area is 192 Å². The molecular weight excluding hydrogens is 449 g/mol. The van der Waals surface area contributed by atoms with E-state index in [9.17, 15) is 9.59 Å². The maximum Gasteiger partial charge on any atom is 0.318 e. The highest BCUT2D eigenvalue weighted by Crippen LogP contribution is 2.35. The van der Waals surface area contributed by atoms with Crippen molar-refractivity contribution in [2.24, 2.45) is 0 Å². The fraction of sp³-hybridized carbons (Fsp3) is 0.300. The second-order valence-electron chi connectivity index (χ2n) is 6.16. The normalized spacial score (nSPS) is 10.7. The standard InChI is InChI=1S/C19H28N4O2S2Si2.CH4/c1-28-11-20-18(24)22-14-7-3-5-9-16(14)26-13-27-17-10-6-4-8-15(17)23-19(25)21-12-29-2;/h3-10H,11-13,28-29H2,1-2H3,(H2,20,22,24)(H2,21,23,25);1H4. The van der Waals surface area contributed by atoms with Crippen molar-refractivity contribution < 1.29 is 9.59 Å². The molecule has 164 valence electrons. The molecule has 0 saturated heterocycles. The summed E-state index contributed by atoms with van der Waals surface area (Å²) >= 11 is 3.31. The number of anilines is 2. The smallest absolute Gasteiger partial charge is 0.318 e. The van der Waals surface area contributed by atoms with Gasteiger partial charge in [0.1, 0.15) is 0 Å². The van der Waals surface area contributed by atoms with Crippen LogP contribution in [0.5, 0.6) is 0 Å². The molecule has 2 rings (SSSR count). The topological polar surface area (TPSA) is 82.3 Å². The van der Waals surface area contributed by atoms with Crippen LogP contribution in [0.2, 0.25) is 13.1 Å². The molecular formula is C20H32N4O2S2Si2. The fourth-order valence-corrected chi connectivity index (χ4v) is 5.46. The van der Waals surface area contributed by atoms with Crippen molar-refractivity contribution in [2.45, 2.75) is 30.3 Å². The SMILES string of the molecule is C.C[SiH2]CNC(=O)Nc1ccccc1SCSc1ccccc1NC(=O)NC[SiH2]C. The molecule has 0 aliphatic rings. The number of thioether (sulfide) groups is 2. The van der Waals surface area contributed by atoms with Crippen LogP contribution in [0.15, 0.2) is 58.3 Å². The Balaban J connectivity index is 0.00000450. The minimum Gasteiger partial charge on any atom is -0.341 e. The van der Waals surface area contributed by atoms with E-state index in [1.165, 1.54) is 0 Å². The van der Waals surface area contributed by atoms with Gasteiger partial charge in [-0.3, -0.25) is 0 Å². The van der Waals surface area contributed by atoms with Gasteiger partial charge in [-0.2, -0.15) is 0 Å². The van der Waals surface area contributed by atoms with E-state index >= 15 is 0 Å². The summed E-state index contributed by atoms with van der Waals surface area (Å²) in [5, 5.41) is 12.4. The number of carbonyl (C=O) groups excluding carboxylic acids is 2. The van der Waals surface area contributed by atoms with Crippen LogP contribution in [0.25, 0.3) is 0 Å². The van der Waals surface area contributed by atoms with Crippen LogP contribution in [0.3, 0.4) is 0 Å². The van der Waals surface area contributed by atoms with Gasteiger partial charge in [-0.1, -0.05) is 44.8 Å². The Hall–Kier alpha value is -1.89. The zero-order chi connectivity index (χ0) is 20.9. The lowest BCUT2D eigenvalue weighted by atomic mass is 10.3. The fourth-order valence-electron chi connectivity index (χ4n) is 2.36. The molecule has 0 bridgehead atoms. The van der Waals surface area contributed by atoms with Crippen LogP contribution in [-0.4, -0.2) is 48.5 Å². The first-order valence-electron chi connectivity index (χ1n) is 9.67. The molecule has 10 heteroatoms.